The van der Waals surface area contributed by atoms with E-state index >= 15 is 0 Å². The van der Waals surface area contributed by atoms with Crippen LogP contribution in [-0.2, 0) is 14.3 Å². The van der Waals surface area contributed by atoms with E-state index in [9.17, 15) is 19.2 Å². The number of carbonyl (C=O) groups excluding carboxylic acids is 4. The van der Waals surface area contributed by atoms with Crippen LogP contribution in [0.3, 0.4) is 0 Å². The molecule has 10 heteroatoms. The second-order valence-corrected chi connectivity index (χ2v) is 9.15. The van der Waals surface area contributed by atoms with Crippen molar-refractivity contribution in [3.05, 3.63) is 64.1 Å². The Labute approximate surface area is 213 Å². The average molecular weight is 511 g/mol. The molecule has 2 saturated heterocycles. The Bertz CT molecular complexity index is 1200. The molecule has 0 spiro atoms. The molecule has 3 amide bonds. The monoisotopic (exact) mass is 510 g/mol. The van der Waals surface area contributed by atoms with Crippen LogP contribution < -0.4 is 9.47 Å². The van der Waals surface area contributed by atoms with Crippen molar-refractivity contribution in [3.8, 4) is 11.5 Å². The number of carbonyl (C=O) groups is 4. The van der Waals surface area contributed by atoms with Crippen molar-refractivity contribution in [1.29, 1.82) is 0 Å². The van der Waals surface area contributed by atoms with Gasteiger partial charge >= 0.3 is 5.97 Å². The smallest absolute Gasteiger partial charge is 0.343 e. The van der Waals surface area contributed by atoms with Crippen LogP contribution in [-0.4, -0.2) is 72.3 Å². The molecule has 0 radical (unpaired) electrons. The van der Waals surface area contributed by atoms with Gasteiger partial charge in [-0.1, -0.05) is 23.8 Å². The van der Waals surface area contributed by atoms with Crippen LogP contribution in [0.15, 0.2) is 47.4 Å². The van der Waals surface area contributed by atoms with Crippen LogP contribution >= 0.6 is 11.8 Å². The van der Waals surface area contributed by atoms with Crippen molar-refractivity contribution in [1.82, 2.24) is 9.80 Å². The average Bonchev–Trinajstić information content (AvgIpc) is 3.13. The van der Waals surface area contributed by atoms with Gasteiger partial charge < -0.3 is 19.1 Å². The highest BCUT2D eigenvalue weighted by atomic mass is 32.2. The standard InChI is InChI=1S/C26H26N2O7S/c1-3-34-21-14-18(6-9-20(21)35-25(31)19-7-4-17(2)5-8-19)15-22-24(30)28(26(32)36-22)16-23(29)27-10-12-33-13-11-27/h4-9,14-15H,3,10-13,16H2,1-2H3/b22-15-. The van der Waals surface area contributed by atoms with E-state index in [-0.39, 0.29) is 23.1 Å². The fraction of sp³-hybridized carbons (Fsp3) is 0.308. The zero-order valence-corrected chi connectivity index (χ0v) is 20.8. The van der Waals surface area contributed by atoms with Gasteiger partial charge in [0.15, 0.2) is 11.5 Å². The predicted molar refractivity (Wildman–Crippen MR) is 134 cm³/mol. The van der Waals surface area contributed by atoms with Gasteiger partial charge in [-0.15, -0.1) is 0 Å². The number of morpholine rings is 1. The molecule has 0 saturated carbocycles. The molecule has 2 aliphatic heterocycles. The summed E-state index contributed by atoms with van der Waals surface area (Å²) in [7, 11) is 0. The van der Waals surface area contributed by atoms with E-state index in [2.05, 4.69) is 0 Å². The van der Waals surface area contributed by atoms with Crippen LogP contribution in [0.2, 0.25) is 0 Å². The first-order valence-electron chi connectivity index (χ1n) is 11.5. The van der Waals surface area contributed by atoms with Crippen LogP contribution in [0.25, 0.3) is 6.08 Å². The third-order valence-electron chi connectivity index (χ3n) is 5.59. The summed E-state index contributed by atoms with van der Waals surface area (Å²) in [6, 6.07) is 11.9. The van der Waals surface area contributed by atoms with Crippen LogP contribution in [0.4, 0.5) is 4.79 Å². The Morgan fingerprint density at radius 1 is 1.06 bits per heavy atom. The molecule has 2 heterocycles. The molecule has 0 aliphatic carbocycles. The lowest BCUT2D eigenvalue weighted by Crippen LogP contribution is -2.46. The Hall–Kier alpha value is -3.63. The fourth-order valence-electron chi connectivity index (χ4n) is 3.65. The van der Waals surface area contributed by atoms with Gasteiger partial charge in [0, 0.05) is 13.1 Å². The number of benzene rings is 2. The Morgan fingerprint density at radius 2 is 1.78 bits per heavy atom. The van der Waals surface area contributed by atoms with Crippen molar-refractivity contribution < 1.29 is 33.4 Å². The second-order valence-electron chi connectivity index (χ2n) is 8.16. The van der Waals surface area contributed by atoms with Gasteiger partial charge in [-0.25, -0.2) is 4.79 Å². The number of hydrogen-bond donors (Lipinski definition) is 0. The molecule has 36 heavy (non-hydrogen) atoms. The molecule has 2 aromatic rings. The Balaban J connectivity index is 1.48. The van der Waals surface area contributed by atoms with Crippen molar-refractivity contribution in [2.75, 3.05) is 39.5 Å². The molecule has 0 atom stereocenters. The number of ether oxygens (including phenoxy) is 3. The number of rotatable bonds is 7. The predicted octanol–water partition coefficient (Wildman–Crippen LogP) is 3.51. The van der Waals surface area contributed by atoms with Gasteiger partial charge in [-0.2, -0.15) is 0 Å². The van der Waals surface area contributed by atoms with Gasteiger partial charge in [-0.05, 0) is 61.5 Å². The fourth-order valence-corrected chi connectivity index (χ4v) is 4.49. The molecular weight excluding hydrogens is 484 g/mol. The SMILES string of the molecule is CCOc1cc(/C=C2\SC(=O)N(CC(=O)N3CCOCC3)C2=O)ccc1OC(=O)c1ccc(C)cc1. The topological polar surface area (TPSA) is 102 Å². The lowest BCUT2D eigenvalue weighted by molar-refractivity contribution is -0.139. The van der Waals surface area contributed by atoms with Gasteiger partial charge in [0.05, 0.1) is 30.3 Å². The summed E-state index contributed by atoms with van der Waals surface area (Å²) in [6.07, 6.45) is 1.55. The van der Waals surface area contributed by atoms with E-state index in [4.69, 9.17) is 14.2 Å². The van der Waals surface area contributed by atoms with Gasteiger partial charge in [0.2, 0.25) is 5.91 Å². The van der Waals surface area contributed by atoms with E-state index < -0.39 is 17.1 Å². The van der Waals surface area contributed by atoms with Crippen LogP contribution in [0.1, 0.15) is 28.4 Å². The molecule has 0 aromatic heterocycles. The Kier molecular flexibility index (Phi) is 8.07. The molecule has 2 aromatic carbocycles. The number of imide groups is 1. The van der Waals surface area contributed by atoms with E-state index in [1.165, 1.54) is 0 Å². The number of aryl methyl sites for hydroxylation is 1. The quantitative estimate of drug-likeness (QED) is 0.317. The largest absolute Gasteiger partial charge is 0.490 e. The van der Waals surface area contributed by atoms with E-state index in [0.29, 0.717) is 49.8 Å². The van der Waals surface area contributed by atoms with Crippen LogP contribution in [0, 0.1) is 6.92 Å². The van der Waals surface area contributed by atoms with Gasteiger partial charge in [0.1, 0.15) is 6.54 Å². The maximum atomic E-state index is 12.9. The molecule has 9 nitrogen and oxygen atoms in total. The van der Waals surface area contributed by atoms with Crippen molar-refractivity contribution in [3.63, 3.8) is 0 Å². The lowest BCUT2D eigenvalue weighted by atomic mass is 10.1. The first-order valence-corrected chi connectivity index (χ1v) is 12.3. The maximum Gasteiger partial charge on any atom is 0.343 e. The number of nitrogens with zero attached hydrogens (tertiary/aromatic N) is 2. The second kappa shape index (κ2) is 11.4. The number of hydrogen-bond acceptors (Lipinski definition) is 8. The van der Waals surface area contributed by atoms with Crippen LogP contribution in [0.5, 0.6) is 11.5 Å². The normalized spacial score (nSPS) is 17.0. The molecule has 2 fully saturated rings. The summed E-state index contributed by atoms with van der Waals surface area (Å²) in [4.78, 5) is 53.1. The molecule has 0 N–H and O–H groups in total. The molecule has 188 valence electrons. The highest BCUT2D eigenvalue weighted by Crippen LogP contribution is 2.35. The van der Waals surface area contributed by atoms with Crippen molar-refractivity contribution in [2.45, 2.75) is 13.8 Å². The highest BCUT2D eigenvalue weighted by Gasteiger charge is 2.37. The minimum Gasteiger partial charge on any atom is -0.490 e. The molecule has 0 bridgehead atoms. The summed E-state index contributed by atoms with van der Waals surface area (Å²) < 4.78 is 16.4. The lowest BCUT2D eigenvalue weighted by Gasteiger charge is -2.28. The van der Waals surface area contributed by atoms with E-state index in [1.807, 2.05) is 19.1 Å². The summed E-state index contributed by atoms with van der Waals surface area (Å²) in [5.41, 5.74) is 2.02. The van der Waals surface area contributed by atoms with Crippen molar-refractivity contribution >= 4 is 40.9 Å². The van der Waals surface area contributed by atoms with Gasteiger partial charge in [-0.3, -0.25) is 19.3 Å². The van der Waals surface area contributed by atoms with E-state index in [1.54, 1.807) is 48.2 Å². The van der Waals surface area contributed by atoms with Gasteiger partial charge in [0.25, 0.3) is 11.1 Å². The minimum absolute atomic E-state index is 0.196. The summed E-state index contributed by atoms with van der Waals surface area (Å²) in [5.74, 6) is -0.772. The molecule has 0 unspecified atom stereocenters. The zero-order valence-electron chi connectivity index (χ0n) is 20.0. The Morgan fingerprint density at radius 3 is 2.47 bits per heavy atom. The number of esters is 1. The third kappa shape index (κ3) is 5.95. The number of thioether (sulfide) groups is 1. The first-order chi connectivity index (χ1) is 17.4. The van der Waals surface area contributed by atoms with E-state index in [0.717, 1.165) is 22.2 Å². The van der Waals surface area contributed by atoms with Crippen molar-refractivity contribution in [2.24, 2.45) is 0 Å². The maximum absolute atomic E-state index is 12.9. The minimum atomic E-state index is -0.528. The molecule has 2 aliphatic rings. The zero-order chi connectivity index (χ0) is 25.7. The summed E-state index contributed by atoms with van der Waals surface area (Å²) in [5, 5.41) is -0.499. The molecule has 4 rings (SSSR count). The summed E-state index contributed by atoms with van der Waals surface area (Å²) >= 11 is 0.775. The highest BCUT2D eigenvalue weighted by molar-refractivity contribution is 8.18. The third-order valence-corrected chi connectivity index (χ3v) is 6.49. The first kappa shape index (κ1) is 25.5. The molecular formula is C26H26N2O7S. The number of amides is 3. The summed E-state index contributed by atoms with van der Waals surface area (Å²) in [6.45, 7) is 5.50.